The first kappa shape index (κ1) is 16.9. The van der Waals surface area contributed by atoms with Gasteiger partial charge >= 0.3 is 5.97 Å². The van der Waals surface area contributed by atoms with Crippen molar-refractivity contribution in [1.29, 1.82) is 0 Å². The molecule has 18 heavy (non-hydrogen) atoms. The molecule has 0 saturated carbocycles. The van der Waals surface area contributed by atoms with Crippen LogP contribution in [0.15, 0.2) is 0 Å². The van der Waals surface area contributed by atoms with Gasteiger partial charge < -0.3 is 15.0 Å². The van der Waals surface area contributed by atoms with Crippen LogP contribution in [0.4, 0.5) is 0 Å². The van der Waals surface area contributed by atoms with Gasteiger partial charge in [-0.25, -0.2) is 0 Å². The summed E-state index contributed by atoms with van der Waals surface area (Å²) in [4.78, 5) is 25.2. The van der Waals surface area contributed by atoms with Crippen molar-refractivity contribution in [1.82, 2.24) is 10.2 Å². The van der Waals surface area contributed by atoms with E-state index in [4.69, 9.17) is 0 Å². The van der Waals surface area contributed by atoms with E-state index in [9.17, 15) is 9.59 Å². The largest absolute Gasteiger partial charge is 0.469 e. The summed E-state index contributed by atoms with van der Waals surface area (Å²) in [5.41, 5.74) is -0.620. The molecule has 5 heteroatoms. The van der Waals surface area contributed by atoms with E-state index in [0.29, 0.717) is 19.0 Å². The molecular formula is C13H26N2O3. The zero-order valence-corrected chi connectivity index (χ0v) is 12.4. The van der Waals surface area contributed by atoms with Crippen molar-refractivity contribution in [3.63, 3.8) is 0 Å². The molecule has 0 atom stereocenters. The molecule has 106 valence electrons. The molecule has 0 saturated heterocycles. The van der Waals surface area contributed by atoms with Crippen LogP contribution in [0.5, 0.6) is 0 Å². The second-order valence-corrected chi connectivity index (χ2v) is 5.35. The molecule has 0 unspecified atom stereocenters. The predicted octanol–water partition coefficient (Wildman–Crippen LogP) is 1.03. The van der Waals surface area contributed by atoms with E-state index in [1.54, 1.807) is 11.9 Å². The van der Waals surface area contributed by atoms with E-state index in [0.717, 1.165) is 0 Å². The number of carbonyl (C=O) groups is 2. The second kappa shape index (κ2) is 7.36. The van der Waals surface area contributed by atoms with Crippen LogP contribution in [-0.4, -0.2) is 49.6 Å². The summed E-state index contributed by atoms with van der Waals surface area (Å²) < 4.78 is 4.60. The highest BCUT2D eigenvalue weighted by molar-refractivity contribution is 5.85. The lowest BCUT2D eigenvalue weighted by Crippen LogP contribution is -2.54. The third-order valence-electron chi connectivity index (χ3n) is 2.85. The number of hydrogen-bond donors (Lipinski definition) is 1. The molecule has 0 aliphatic rings. The van der Waals surface area contributed by atoms with E-state index < -0.39 is 5.54 Å². The summed E-state index contributed by atoms with van der Waals surface area (Å²) in [5, 5.41) is 2.99. The molecule has 0 bridgehead atoms. The fourth-order valence-corrected chi connectivity index (χ4v) is 1.55. The molecular weight excluding hydrogens is 232 g/mol. The number of ether oxygens (including phenoxy) is 1. The van der Waals surface area contributed by atoms with Gasteiger partial charge in [0.15, 0.2) is 0 Å². The average molecular weight is 258 g/mol. The van der Waals surface area contributed by atoms with Crippen LogP contribution in [0.2, 0.25) is 0 Å². The Balaban J connectivity index is 4.67. The summed E-state index contributed by atoms with van der Waals surface area (Å²) in [7, 11) is 3.11. The Kier molecular flexibility index (Phi) is 6.91. The predicted molar refractivity (Wildman–Crippen MR) is 71.2 cm³/mol. The Bertz CT molecular complexity index is 288. The Morgan fingerprint density at radius 3 is 2.28 bits per heavy atom. The minimum absolute atomic E-state index is 0.00241. The van der Waals surface area contributed by atoms with Crippen molar-refractivity contribution in [3.05, 3.63) is 0 Å². The zero-order valence-electron chi connectivity index (χ0n) is 12.4. The third kappa shape index (κ3) is 5.49. The van der Waals surface area contributed by atoms with Gasteiger partial charge in [-0.05, 0) is 26.8 Å². The normalized spacial score (nSPS) is 11.5. The summed E-state index contributed by atoms with van der Waals surface area (Å²) >= 11 is 0. The molecule has 0 fully saturated rings. The van der Waals surface area contributed by atoms with Crippen molar-refractivity contribution in [3.8, 4) is 0 Å². The van der Waals surface area contributed by atoms with E-state index >= 15 is 0 Å². The molecule has 5 nitrogen and oxygen atoms in total. The fourth-order valence-electron chi connectivity index (χ4n) is 1.55. The molecule has 0 aliphatic carbocycles. The maximum atomic E-state index is 12.3. The number of carbonyl (C=O) groups excluding carboxylic acids is 2. The van der Waals surface area contributed by atoms with Crippen molar-refractivity contribution >= 4 is 11.9 Å². The molecule has 0 aliphatic heterocycles. The SMILES string of the molecule is CNC(C)(C)C(=O)N(CCC(=O)OC)CC(C)C. The Labute approximate surface area is 110 Å². The number of hydrogen-bond acceptors (Lipinski definition) is 4. The van der Waals surface area contributed by atoms with E-state index in [1.165, 1.54) is 7.11 Å². The lowest BCUT2D eigenvalue weighted by molar-refractivity contribution is -0.143. The third-order valence-corrected chi connectivity index (χ3v) is 2.85. The molecule has 0 aromatic carbocycles. The van der Waals surface area contributed by atoms with Gasteiger partial charge in [-0.15, -0.1) is 0 Å². The van der Waals surface area contributed by atoms with Crippen LogP contribution in [-0.2, 0) is 14.3 Å². The highest BCUT2D eigenvalue weighted by atomic mass is 16.5. The topological polar surface area (TPSA) is 58.6 Å². The lowest BCUT2D eigenvalue weighted by atomic mass is 10.0. The number of nitrogens with one attached hydrogen (secondary N) is 1. The molecule has 0 radical (unpaired) electrons. The van der Waals surface area contributed by atoms with Crippen molar-refractivity contribution in [2.24, 2.45) is 5.92 Å². The maximum absolute atomic E-state index is 12.3. The lowest BCUT2D eigenvalue weighted by Gasteiger charge is -2.32. The molecule has 0 aromatic heterocycles. The van der Waals surface area contributed by atoms with E-state index in [1.807, 2.05) is 27.7 Å². The number of amides is 1. The van der Waals surface area contributed by atoms with E-state index in [2.05, 4.69) is 10.1 Å². The smallest absolute Gasteiger partial charge is 0.307 e. The quantitative estimate of drug-likeness (QED) is 0.693. The second-order valence-electron chi connectivity index (χ2n) is 5.35. The Morgan fingerprint density at radius 2 is 1.89 bits per heavy atom. The van der Waals surface area contributed by atoms with Gasteiger partial charge in [-0.2, -0.15) is 0 Å². The van der Waals surface area contributed by atoms with Crippen molar-refractivity contribution < 1.29 is 14.3 Å². The molecule has 0 heterocycles. The van der Waals surface area contributed by atoms with Crippen LogP contribution in [0.1, 0.15) is 34.1 Å². The highest BCUT2D eigenvalue weighted by Gasteiger charge is 2.30. The molecule has 1 amide bonds. The standard InChI is InChI=1S/C13H26N2O3/c1-10(2)9-15(8-7-11(16)18-6)12(17)13(3,4)14-5/h10,14H,7-9H2,1-6H3. The average Bonchev–Trinajstić information content (AvgIpc) is 2.32. The summed E-state index contributed by atoms with van der Waals surface area (Å²) in [6, 6.07) is 0. The summed E-state index contributed by atoms with van der Waals surface area (Å²) in [6.07, 6.45) is 0.231. The van der Waals surface area contributed by atoms with Crippen LogP contribution < -0.4 is 5.32 Å². The number of rotatable bonds is 7. The maximum Gasteiger partial charge on any atom is 0.307 e. The van der Waals surface area contributed by atoms with Gasteiger partial charge in [0.1, 0.15) is 0 Å². The van der Waals surface area contributed by atoms with Gasteiger partial charge in [0, 0.05) is 13.1 Å². The van der Waals surface area contributed by atoms with Crippen molar-refractivity contribution in [2.75, 3.05) is 27.2 Å². The first-order valence-corrected chi connectivity index (χ1v) is 6.29. The van der Waals surface area contributed by atoms with Crippen LogP contribution in [0.3, 0.4) is 0 Å². The number of nitrogens with zero attached hydrogens (tertiary/aromatic N) is 1. The molecule has 0 rings (SSSR count). The Hall–Kier alpha value is -1.10. The zero-order chi connectivity index (χ0) is 14.3. The van der Waals surface area contributed by atoms with Gasteiger partial charge in [0.25, 0.3) is 0 Å². The van der Waals surface area contributed by atoms with Crippen LogP contribution in [0.25, 0.3) is 0 Å². The minimum atomic E-state index is -0.620. The monoisotopic (exact) mass is 258 g/mol. The van der Waals surface area contributed by atoms with Gasteiger partial charge in [-0.3, -0.25) is 9.59 Å². The van der Waals surface area contributed by atoms with Gasteiger partial charge in [0.2, 0.25) is 5.91 Å². The van der Waals surface area contributed by atoms with Crippen LogP contribution >= 0.6 is 0 Å². The van der Waals surface area contributed by atoms with Gasteiger partial charge in [0.05, 0.1) is 19.1 Å². The number of methoxy groups -OCH3 is 1. The minimum Gasteiger partial charge on any atom is -0.469 e. The molecule has 0 spiro atoms. The van der Waals surface area contributed by atoms with Crippen molar-refractivity contribution in [2.45, 2.75) is 39.7 Å². The summed E-state index contributed by atoms with van der Waals surface area (Å²) in [6.45, 7) is 8.80. The number of esters is 1. The molecule has 0 aromatic rings. The molecule has 1 N–H and O–H groups in total. The summed E-state index contributed by atoms with van der Waals surface area (Å²) in [5.74, 6) is 0.0701. The van der Waals surface area contributed by atoms with E-state index in [-0.39, 0.29) is 18.3 Å². The van der Waals surface area contributed by atoms with Crippen LogP contribution in [0, 0.1) is 5.92 Å². The Morgan fingerprint density at radius 1 is 1.33 bits per heavy atom. The fraction of sp³-hybridized carbons (Fsp3) is 0.846. The first-order valence-electron chi connectivity index (χ1n) is 6.29. The highest BCUT2D eigenvalue weighted by Crippen LogP contribution is 2.10. The first-order chi connectivity index (χ1) is 8.24. The number of likely N-dealkylation sites (N-methyl/N-ethyl adjacent to an activating group) is 1. The van der Waals surface area contributed by atoms with Gasteiger partial charge in [-0.1, -0.05) is 13.8 Å².